The number of nitrogens with one attached hydrogen (secondary N) is 2. The number of H-pyrrole nitrogens is 2. The Morgan fingerprint density at radius 2 is 2.00 bits per heavy atom. The monoisotopic (exact) mass is 429 g/mol. The Kier molecular flexibility index (Phi) is 4.34. The van der Waals surface area contributed by atoms with E-state index in [0.29, 0.717) is 46.9 Å². The van der Waals surface area contributed by atoms with Crippen LogP contribution in [0.4, 0.5) is 13.2 Å². The minimum absolute atomic E-state index is 0.104. The second kappa shape index (κ2) is 7.07. The van der Waals surface area contributed by atoms with Crippen molar-refractivity contribution in [3.05, 3.63) is 75.5 Å². The number of aromatic amines is 2. The van der Waals surface area contributed by atoms with E-state index in [-0.39, 0.29) is 17.8 Å². The summed E-state index contributed by atoms with van der Waals surface area (Å²) < 4.78 is 45.2. The normalized spacial score (nSPS) is 12.2. The number of halogens is 3. The maximum atomic E-state index is 12.9. The number of rotatable bonds is 5. The summed E-state index contributed by atoms with van der Waals surface area (Å²) in [5.74, 6) is 1.33. The third kappa shape index (κ3) is 3.56. The molecule has 0 spiro atoms. The van der Waals surface area contributed by atoms with Gasteiger partial charge in [0.25, 0.3) is 5.56 Å². The van der Waals surface area contributed by atoms with E-state index < -0.39 is 11.7 Å². The van der Waals surface area contributed by atoms with E-state index in [1.807, 2.05) is 0 Å². The van der Waals surface area contributed by atoms with Gasteiger partial charge in [-0.2, -0.15) is 23.3 Å². The van der Waals surface area contributed by atoms with Gasteiger partial charge < -0.3 is 9.51 Å². The van der Waals surface area contributed by atoms with Crippen LogP contribution in [-0.4, -0.2) is 34.7 Å². The molecule has 0 saturated carbocycles. The molecule has 158 valence electrons. The first-order valence-electron chi connectivity index (χ1n) is 9.29. The quantitative estimate of drug-likeness (QED) is 0.444. The molecule has 5 rings (SSSR count). The van der Waals surface area contributed by atoms with Gasteiger partial charge in [0.2, 0.25) is 11.7 Å². The number of alkyl halides is 3. The topological polar surface area (TPSA) is 118 Å². The first-order valence-corrected chi connectivity index (χ1v) is 9.29. The summed E-state index contributed by atoms with van der Waals surface area (Å²) in [5, 5.41) is 10.7. The van der Waals surface area contributed by atoms with E-state index >= 15 is 0 Å². The molecular weight excluding hydrogens is 415 g/mol. The molecule has 0 saturated heterocycles. The van der Waals surface area contributed by atoms with E-state index in [0.717, 1.165) is 12.1 Å². The summed E-state index contributed by atoms with van der Waals surface area (Å²) in [5.41, 5.74) is 0.338. The number of hydrogen-bond acceptors (Lipinski definition) is 6. The molecule has 0 aliphatic heterocycles. The molecular formula is C19H14F3N7O2. The van der Waals surface area contributed by atoms with Crippen molar-refractivity contribution in [2.45, 2.75) is 25.4 Å². The highest BCUT2D eigenvalue weighted by molar-refractivity contribution is 5.75. The molecule has 5 aromatic rings. The molecule has 0 radical (unpaired) electrons. The molecule has 2 N–H and O–H groups in total. The van der Waals surface area contributed by atoms with Crippen LogP contribution in [0.2, 0.25) is 0 Å². The van der Waals surface area contributed by atoms with Crippen molar-refractivity contribution in [3.63, 3.8) is 0 Å². The van der Waals surface area contributed by atoms with E-state index in [4.69, 9.17) is 4.52 Å². The summed E-state index contributed by atoms with van der Waals surface area (Å²) in [6.45, 7) is 0. The smallest absolute Gasteiger partial charge is 0.355 e. The van der Waals surface area contributed by atoms with Gasteiger partial charge in [-0.3, -0.25) is 4.79 Å². The van der Waals surface area contributed by atoms with Crippen LogP contribution in [0.25, 0.3) is 16.8 Å². The number of fused-ring (bicyclic) bond motifs is 2. The van der Waals surface area contributed by atoms with Crippen LogP contribution in [0.5, 0.6) is 0 Å². The molecule has 0 amide bonds. The predicted molar refractivity (Wildman–Crippen MR) is 101 cm³/mol. The van der Waals surface area contributed by atoms with Gasteiger partial charge in [-0.1, -0.05) is 23.4 Å². The molecule has 0 unspecified atom stereocenters. The lowest BCUT2D eigenvalue weighted by atomic mass is 10.1. The van der Waals surface area contributed by atoms with Crippen LogP contribution in [0, 0.1) is 0 Å². The molecule has 4 aromatic heterocycles. The summed E-state index contributed by atoms with van der Waals surface area (Å²) in [6, 6.07) is 6.68. The van der Waals surface area contributed by atoms with Crippen LogP contribution in [0.1, 0.15) is 28.7 Å². The molecule has 0 aliphatic rings. The average molecular weight is 429 g/mol. The Morgan fingerprint density at radius 3 is 2.84 bits per heavy atom. The largest absolute Gasteiger partial charge is 0.416 e. The van der Waals surface area contributed by atoms with Gasteiger partial charge in [-0.15, -0.1) is 0 Å². The fourth-order valence-corrected chi connectivity index (χ4v) is 3.37. The SMILES string of the molecule is O=c1c2[nH]ccc2nc2[nH]nc(CCc3nc(Cc4cccc(C(F)(F)F)c4)no3)n12. The van der Waals surface area contributed by atoms with Crippen molar-refractivity contribution in [2.75, 3.05) is 0 Å². The van der Waals surface area contributed by atoms with Crippen LogP contribution in [0.3, 0.4) is 0 Å². The van der Waals surface area contributed by atoms with E-state index in [1.165, 1.54) is 10.5 Å². The van der Waals surface area contributed by atoms with Gasteiger partial charge in [0.05, 0.1) is 11.1 Å². The van der Waals surface area contributed by atoms with Crippen molar-refractivity contribution in [2.24, 2.45) is 0 Å². The maximum absolute atomic E-state index is 12.9. The second-order valence-electron chi connectivity index (χ2n) is 6.93. The van der Waals surface area contributed by atoms with E-state index in [1.54, 1.807) is 18.3 Å². The third-order valence-electron chi connectivity index (χ3n) is 4.81. The van der Waals surface area contributed by atoms with Crippen LogP contribution in [0.15, 0.2) is 45.8 Å². The number of aromatic nitrogens is 7. The van der Waals surface area contributed by atoms with Crippen LogP contribution in [-0.2, 0) is 25.4 Å². The molecule has 1 aromatic carbocycles. The zero-order valence-electron chi connectivity index (χ0n) is 15.8. The molecule has 4 heterocycles. The number of benzene rings is 1. The standard InChI is InChI=1S/C19H14F3N7O2/c20-19(21,22)11-3-1-2-10(8-11)9-13-25-15(31-28-13)5-4-14-26-27-18-24-12-6-7-23-16(12)17(30)29(14)18/h1-3,6-8,23H,4-5,9H2,(H,24,27). The van der Waals surface area contributed by atoms with Crippen molar-refractivity contribution >= 4 is 16.8 Å². The zero-order chi connectivity index (χ0) is 21.6. The fraction of sp³-hybridized carbons (Fsp3) is 0.211. The highest BCUT2D eigenvalue weighted by atomic mass is 19.4. The number of hydrogen-bond donors (Lipinski definition) is 2. The van der Waals surface area contributed by atoms with Gasteiger partial charge in [0, 0.05) is 25.5 Å². The highest BCUT2D eigenvalue weighted by Gasteiger charge is 2.30. The minimum Gasteiger partial charge on any atom is -0.355 e. The zero-order valence-corrected chi connectivity index (χ0v) is 15.8. The van der Waals surface area contributed by atoms with Gasteiger partial charge in [-0.25, -0.2) is 14.5 Å². The Labute approximate surface area is 170 Å². The molecule has 9 nitrogen and oxygen atoms in total. The Balaban J connectivity index is 1.32. The van der Waals surface area contributed by atoms with Crippen molar-refractivity contribution in [3.8, 4) is 0 Å². The molecule has 0 bridgehead atoms. The molecule has 0 aliphatic carbocycles. The third-order valence-corrected chi connectivity index (χ3v) is 4.81. The van der Waals surface area contributed by atoms with Gasteiger partial charge in [-0.05, 0) is 17.7 Å². The number of nitrogens with zero attached hydrogens (tertiary/aromatic N) is 5. The first-order chi connectivity index (χ1) is 14.9. The summed E-state index contributed by atoms with van der Waals surface area (Å²) in [7, 11) is 0. The minimum atomic E-state index is -4.41. The van der Waals surface area contributed by atoms with Gasteiger partial charge in [0.1, 0.15) is 11.3 Å². The van der Waals surface area contributed by atoms with Gasteiger partial charge >= 0.3 is 6.18 Å². The first kappa shape index (κ1) is 19.0. The lowest BCUT2D eigenvalue weighted by Crippen LogP contribution is -2.17. The lowest BCUT2D eigenvalue weighted by molar-refractivity contribution is -0.137. The maximum Gasteiger partial charge on any atom is 0.416 e. The Morgan fingerprint density at radius 1 is 1.13 bits per heavy atom. The van der Waals surface area contributed by atoms with Crippen LogP contribution < -0.4 is 5.56 Å². The highest BCUT2D eigenvalue weighted by Crippen LogP contribution is 2.29. The summed E-state index contributed by atoms with van der Waals surface area (Å²) >= 11 is 0. The van der Waals surface area contributed by atoms with E-state index in [9.17, 15) is 18.0 Å². The lowest BCUT2D eigenvalue weighted by Gasteiger charge is -2.07. The summed E-state index contributed by atoms with van der Waals surface area (Å²) in [6.07, 6.45) is -2.06. The molecule has 0 atom stereocenters. The van der Waals surface area contributed by atoms with Crippen molar-refractivity contribution < 1.29 is 17.7 Å². The summed E-state index contributed by atoms with van der Waals surface area (Å²) in [4.78, 5) is 24.1. The molecule has 31 heavy (non-hydrogen) atoms. The van der Waals surface area contributed by atoms with Gasteiger partial charge in [0.15, 0.2) is 5.82 Å². The fourth-order valence-electron chi connectivity index (χ4n) is 3.37. The molecule has 0 fully saturated rings. The van der Waals surface area contributed by atoms with Crippen LogP contribution >= 0.6 is 0 Å². The predicted octanol–water partition coefficient (Wildman–Crippen LogP) is 2.68. The average Bonchev–Trinajstić information content (AvgIpc) is 3.46. The van der Waals surface area contributed by atoms with E-state index in [2.05, 4.69) is 30.3 Å². The number of aryl methyl sites for hydroxylation is 2. The molecule has 12 heteroatoms. The Hall–Kier alpha value is -3.96. The van der Waals surface area contributed by atoms with Crippen molar-refractivity contribution in [1.29, 1.82) is 0 Å². The Bertz CT molecular complexity index is 1440. The second-order valence-corrected chi connectivity index (χ2v) is 6.93. The van der Waals surface area contributed by atoms with Crippen molar-refractivity contribution in [1.82, 2.24) is 34.7 Å².